The fourth-order valence-corrected chi connectivity index (χ4v) is 3.93. The van der Waals surface area contributed by atoms with Crippen LogP contribution in [-0.4, -0.2) is 37.4 Å². The van der Waals surface area contributed by atoms with Crippen LogP contribution in [0.4, 0.5) is 5.69 Å². The number of rotatable bonds is 6. The van der Waals surface area contributed by atoms with E-state index in [9.17, 15) is 14.4 Å². The summed E-state index contributed by atoms with van der Waals surface area (Å²) in [5, 5.41) is 2.83. The van der Waals surface area contributed by atoms with Gasteiger partial charge in [0.1, 0.15) is 6.54 Å². The third kappa shape index (κ3) is 4.26. The molecule has 0 fully saturated rings. The van der Waals surface area contributed by atoms with Crippen molar-refractivity contribution in [1.82, 2.24) is 18.9 Å². The highest BCUT2D eigenvalue weighted by molar-refractivity contribution is 5.94. The van der Waals surface area contributed by atoms with E-state index in [0.717, 1.165) is 0 Å². The summed E-state index contributed by atoms with van der Waals surface area (Å²) in [5.74, 6) is -0.375. The minimum absolute atomic E-state index is 0.0699. The molecule has 3 heterocycles. The lowest BCUT2D eigenvalue weighted by atomic mass is 10.2. The van der Waals surface area contributed by atoms with Crippen molar-refractivity contribution in [3.63, 3.8) is 0 Å². The Bertz CT molecular complexity index is 1600. The summed E-state index contributed by atoms with van der Waals surface area (Å²) in [4.78, 5) is 46.7. The zero-order valence-corrected chi connectivity index (χ0v) is 18.8. The minimum Gasteiger partial charge on any atom is -0.462 e. The number of hydrogen-bond acceptors (Lipinski definition) is 6. The van der Waals surface area contributed by atoms with E-state index in [1.807, 2.05) is 30.3 Å². The predicted octanol–water partition coefficient (Wildman–Crippen LogP) is 3.53. The van der Waals surface area contributed by atoms with E-state index < -0.39 is 5.97 Å². The van der Waals surface area contributed by atoms with Crippen LogP contribution in [0.15, 0.2) is 83.9 Å². The van der Waals surface area contributed by atoms with E-state index in [-0.39, 0.29) is 24.6 Å². The first kappa shape index (κ1) is 22.0. The summed E-state index contributed by atoms with van der Waals surface area (Å²) in [6.07, 6.45) is 3.29. The molecule has 0 atom stereocenters. The Hall–Kier alpha value is -4.79. The van der Waals surface area contributed by atoms with Gasteiger partial charge >= 0.3 is 5.97 Å². The first-order chi connectivity index (χ1) is 17.0. The number of imidazole rings is 1. The maximum absolute atomic E-state index is 13.1. The number of esters is 1. The number of nitrogens with zero attached hydrogens (tertiary/aromatic N) is 4. The second-order valence-corrected chi connectivity index (χ2v) is 7.78. The van der Waals surface area contributed by atoms with Gasteiger partial charge in [0.05, 0.1) is 28.9 Å². The molecule has 9 nitrogen and oxygen atoms in total. The molecule has 0 aliphatic heterocycles. The van der Waals surface area contributed by atoms with Gasteiger partial charge in [-0.2, -0.15) is 0 Å². The van der Waals surface area contributed by atoms with Crippen molar-refractivity contribution in [2.24, 2.45) is 0 Å². The third-order valence-corrected chi connectivity index (χ3v) is 5.49. The minimum atomic E-state index is -0.420. The molecule has 174 valence electrons. The molecule has 35 heavy (non-hydrogen) atoms. The van der Waals surface area contributed by atoms with Gasteiger partial charge in [-0.05, 0) is 55.5 Å². The molecule has 0 saturated heterocycles. The van der Waals surface area contributed by atoms with E-state index in [0.29, 0.717) is 39.3 Å². The fourth-order valence-electron chi connectivity index (χ4n) is 3.93. The first-order valence-corrected chi connectivity index (χ1v) is 11.0. The largest absolute Gasteiger partial charge is 0.462 e. The van der Waals surface area contributed by atoms with E-state index >= 15 is 0 Å². The molecule has 0 aliphatic carbocycles. The van der Waals surface area contributed by atoms with Crippen molar-refractivity contribution in [2.45, 2.75) is 13.5 Å². The highest BCUT2D eigenvalue weighted by Crippen LogP contribution is 2.22. The normalized spacial score (nSPS) is 11.0. The van der Waals surface area contributed by atoms with Crippen LogP contribution in [0.2, 0.25) is 0 Å². The summed E-state index contributed by atoms with van der Waals surface area (Å²) in [5.41, 5.74) is 3.22. The average molecular weight is 467 g/mol. The Balaban J connectivity index is 1.50. The van der Waals surface area contributed by atoms with Gasteiger partial charge in [-0.3, -0.25) is 14.6 Å². The molecule has 5 aromatic rings. The van der Waals surface area contributed by atoms with Gasteiger partial charge in [0.2, 0.25) is 11.7 Å². The van der Waals surface area contributed by atoms with Crippen molar-refractivity contribution < 1.29 is 14.3 Å². The number of amides is 1. The molecular formula is C26H21N5O4. The van der Waals surface area contributed by atoms with Crippen LogP contribution in [0.25, 0.3) is 28.1 Å². The maximum Gasteiger partial charge on any atom is 0.338 e. The van der Waals surface area contributed by atoms with E-state index in [4.69, 9.17) is 9.72 Å². The number of fused-ring (bicyclic) bond motifs is 3. The second kappa shape index (κ2) is 9.22. The van der Waals surface area contributed by atoms with Gasteiger partial charge in [0.25, 0.3) is 5.56 Å². The van der Waals surface area contributed by atoms with Crippen molar-refractivity contribution in [2.75, 3.05) is 11.9 Å². The molecule has 0 spiro atoms. The molecule has 0 unspecified atom stereocenters. The third-order valence-electron chi connectivity index (χ3n) is 5.49. The van der Waals surface area contributed by atoms with Gasteiger partial charge in [-0.15, -0.1) is 0 Å². The quantitative estimate of drug-likeness (QED) is 0.383. The van der Waals surface area contributed by atoms with Crippen LogP contribution in [-0.2, 0) is 16.1 Å². The molecule has 0 radical (unpaired) electrons. The Kier molecular flexibility index (Phi) is 5.80. The second-order valence-electron chi connectivity index (χ2n) is 7.78. The van der Waals surface area contributed by atoms with Gasteiger partial charge in [-0.1, -0.05) is 12.1 Å². The summed E-state index contributed by atoms with van der Waals surface area (Å²) >= 11 is 0. The standard InChI is InChI=1S/C26H21N5O4/c1-2-35-25(34)17-9-11-19(12-10-17)28-23(32)16-30-21-7-3-4-8-22(21)31-24(33)14-20(29-26(30)31)18-6-5-13-27-15-18/h3-15H,2,16H2,1H3,(H,28,32). The highest BCUT2D eigenvalue weighted by Gasteiger charge is 2.17. The van der Waals surface area contributed by atoms with E-state index in [1.54, 1.807) is 54.2 Å². The summed E-state index contributed by atoms with van der Waals surface area (Å²) in [6.45, 7) is 1.96. The number of anilines is 1. The number of carbonyl (C=O) groups is 2. The van der Waals surface area contributed by atoms with Crippen LogP contribution in [0.5, 0.6) is 0 Å². The molecule has 5 rings (SSSR count). The topological polar surface area (TPSA) is 108 Å². The van der Waals surface area contributed by atoms with Crippen LogP contribution in [0, 0.1) is 0 Å². The molecule has 1 N–H and O–H groups in total. The van der Waals surface area contributed by atoms with Gasteiger partial charge in [-0.25, -0.2) is 14.2 Å². The zero-order chi connectivity index (χ0) is 24.4. The van der Waals surface area contributed by atoms with Crippen LogP contribution in [0.3, 0.4) is 0 Å². The number of ether oxygens (including phenoxy) is 1. The molecule has 0 bridgehead atoms. The SMILES string of the molecule is CCOC(=O)c1ccc(NC(=O)Cn2c3ccccc3n3c(=O)cc(-c4cccnc4)nc23)cc1. The molecule has 2 aromatic carbocycles. The number of nitrogens with one attached hydrogen (secondary N) is 1. The molecule has 3 aromatic heterocycles. The highest BCUT2D eigenvalue weighted by atomic mass is 16.5. The molecule has 0 saturated carbocycles. The smallest absolute Gasteiger partial charge is 0.338 e. The van der Waals surface area contributed by atoms with E-state index in [2.05, 4.69) is 10.3 Å². The van der Waals surface area contributed by atoms with Gasteiger partial charge < -0.3 is 14.6 Å². The summed E-state index contributed by atoms with van der Waals surface area (Å²) in [6, 6.07) is 18.9. The Morgan fingerprint density at radius 1 is 1.00 bits per heavy atom. The van der Waals surface area contributed by atoms with Gasteiger partial charge in [0.15, 0.2) is 0 Å². The number of para-hydroxylation sites is 2. The van der Waals surface area contributed by atoms with Crippen LogP contribution >= 0.6 is 0 Å². The molecule has 1 amide bonds. The van der Waals surface area contributed by atoms with Gasteiger partial charge in [0, 0.05) is 29.7 Å². The number of aromatic nitrogens is 4. The van der Waals surface area contributed by atoms with Crippen LogP contribution in [0.1, 0.15) is 17.3 Å². The van der Waals surface area contributed by atoms with Crippen molar-refractivity contribution in [3.8, 4) is 11.3 Å². The summed E-state index contributed by atoms with van der Waals surface area (Å²) in [7, 11) is 0. The zero-order valence-electron chi connectivity index (χ0n) is 18.8. The van der Waals surface area contributed by atoms with Crippen molar-refractivity contribution >= 4 is 34.4 Å². The van der Waals surface area contributed by atoms with Crippen molar-refractivity contribution in [1.29, 1.82) is 0 Å². The van der Waals surface area contributed by atoms with Crippen LogP contribution < -0.4 is 10.9 Å². The number of pyridine rings is 1. The summed E-state index contributed by atoms with van der Waals surface area (Å²) < 4.78 is 8.19. The molecule has 0 aliphatic rings. The Labute approximate surface area is 199 Å². The monoisotopic (exact) mass is 467 g/mol. The average Bonchev–Trinajstić information content (AvgIpc) is 3.19. The maximum atomic E-state index is 13.1. The number of carbonyl (C=O) groups excluding carboxylic acids is 2. The Morgan fingerprint density at radius 2 is 1.77 bits per heavy atom. The number of hydrogen-bond donors (Lipinski definition) is 1. The predicted molar refractivity (Wildman–Crippen MR) is 131 cm³/mol. The molecule has 9 heteroatoms. The lowest BCUT2D eigenvalue weighted by Gasteiger charge is -2.09. The Morgan fingerprint density at radius 3 is 2.49 bits per heavy atom. The van der Waals surface area contributed by atoms with E-state index in [1.165, 1.54) is 10.5 Å². The number of benzene rings is 2. The lowest BCUT2D eigenvalue weighted by molar-refractivity contribution is -0.116. The van der Waals surface area contributed by atoms with Crippen molar-refractivity contribution in [3.05, 3.63) is 95.0 Å². The lowest BCUT2D eigenvalue weighted by Crippen LogP contribution is -2.20. The first-order valence-electron chi connectivity index (χ1n) is 11.0. The molecular weight excluding hydrogens is 446 g/mol. The fraction of sp³-hybridized carbons (Fsp3) is 0.115.